The minimum atomic E-state index is -1.72. The molecule has 0 radical (unpaired) electrons. The van der Waals surface area contributed by atoms with E-state index in [1.807, 2.05) is 6.07 Å². The Morgan fingerprint density at radius 3 is 1.49 bits per heavy atom. The third-order valence-electron chi connectivity index (χ3n) is 18.7. The number of rotatable bonds is 14. The molecule has 4 aromatic carbocycles. The number of aryl methyl sites for hydroxylation is 4. The first-order valence-electron chi connectivity index (χ1n) is 30.7. The average molecular weight is 1110 g/mol. The van der Waals surface area contributed by atoms with Gasteiger partial charge in [-0.2, -0.15) is 0 Å². The van der Waals surface area contributed by atoms with Gasteiger partial charge in [-0.15, -0.1) is 0 Å². The Bertz CT molecular complexity index is 3100. The molecule has 8 rings (SSSR count). The molecule has 3 fully saturated rings. The fourth-order valence-electron chi connectivity index (χ4n) is 13.0. The van der Waals surface area contributed by atoms with Crippen molar-refractivity contribution in [2.24, 2.45) is 0 Å². The van der Waals surface area contributed by atoms with Crippen LogP contribution in [-0.2, 0) is 35.8 Å². The fourth-order valence-corrected chi connectivity index (χ4v) is 14.4. The lowest BCUT2D eigenvalue weighted by Crippen LogP contribution is -2.41. The Hall–Kier alpha value is -5.26. The number of benzene rings is 4. The lowest BCUT2D eigenvalue weighted by atomic mass is 9.68. The number of carboxylic acids is 1. The highest BCUT2D eigenvalue weighted by Crippen LogP contribution is 2.43. The van der Waals surface area contributed by atoms with Crippen LogP contribution in [0.15, 0.2) is 91.3 Å². The molecule has 1 saturated heterocycles. The van der Waals surface area contributed by atoms with Crippen LogP contribution < -0.4 is 5.46 Å². The van der Waals surface area contributed by atoms with E-state index in [-0.39, 0.29) is 41.2 Å². The van der Waals surface area contributed by atoms with Crippen molar-refractivity contribution in [2.45, 2.75) is 245 Å². The first kappa shape index (κ1) is 63.3. The monoisotopic (exact) mass is 1110 g/mol. The van der Waals surface area contributed by atoms with Crippen LogP contribution >= 0.6 is 0 Å². The molecule has 0 unspecified atom stereocenters. The number of carboxylic acid groups (broad SMARTS) is 1. The number of hydrogen-bond donors (Lipinski definition) is 2. The summed E-state index contributed by atoms with van der Waals surface area (Å²) in [6.45, 7) is 33.1. The zero-order chi connectivity index (χ0) is 59.0. The van der Waals surface area contributed by atoms with Crippen LogP contribution in [0.25, 0.3) is 11.1 Å². The van der Waals surface area contributed by atoms with Crippen LogP contribution in [0.2, 0.25) is 19.6 Å². The Kier molecular flexibility index (Phi) is 20.4. The summed E-state index contributed by atoms with van der Waals surface area (Å²) >= 11 is 0. The van der Waals surface area contributed by atoms with Gasteiger partial charge in [-0.3, -0.25) is 9.78 Å². The summed E-state index contributed by atoms with van der Waals surface area (Å²) in [6.07, 6.45) is 20.4. The molecule has 81 heavy (non-hydrogen) atoms. The molecule has 5 aromatic rings. The first-order chi connectivity index (χ1) is 38.3. The van der Waals surface area contributed by atoms with E-state index in [4.69, 9.17) is 13.7 Å². The number of aliphatic hydroxyl groups is 1. The van der Waals surface area contributed by atoms with Crippen molar-refractivity contribution in [1.82, 2.24) is 4.98 Å². The second-order valence-electron chi connectivity index (χ2n) is 26.0. The highest BCUT2D eigenvalue weighted by Gasteiger charge is 2.52. The van der Waals surface area contributed by atoms with Crippen molar-refractivity contribution in [3.63, 3.8) is 0 Å². The van der Waals surface area contributed by atoms with Gasteiger partial charge < -0.3 is 23.9 Å². The van der Waals surface area contributed by atoms with Crippen LogP contribution in [0.4, 0.5) is 0 Å². The van der Waals surface area contributed by atoms with Gasteiger partial charge >= 0.3 is 13.1 Å². The Balaban J connectivity index is 0.000000234. The van der Waals surface area contributed by atoms with Crippen molar-refractivity contribution in [1.29, 1.82) is 0 Å². The third-order valence-corrected chi connectivity index (χ3v) is 19.7. The second kappa shape index (κ2) is 26.1. The molecule has 9 heteroatoms. The van der Waals surface area contributed by atoms with E-state index in [1.54, 1.807) is 12.4 Å². The molecule has 0 amide bonds. The van der Waals surface area contributed by atoms with E-state index < -0.39 is 19.9 Å². The Labute approximate surface area is 490 Å². The molecule has 0 spiro atoms. The van der Waals surface area contributed by atoms with Crippen molar-refractivity contribution in [3.05, 3.63) is 152 Å². The molecule has 0 bridgehead atoms. The number of pyridine rings is 1. The van der Waals surface area contributed by atoms with Crippen LogP contribution in [-0.4, -0.2) is 59.0 Å². The van der Waals surface area contributed by atoms with Gasteiger partial charge in [-0.25, -0.2) is 0 Å². The smallest absolute Gasteiger partial charge is 0.481 e. The van der Waals surface area contributed by atoms with Gasteiger partial charge in [0.25, 0.3) is 0 Å². The summed E-state index contributed by atoms with van der Waals surface area (Å²) in [5.41, 5.74) is 13.9. The molecular weight excluding hydrogens is 1010 g/mol. The fraction of sp³-hybridized carbons (Fsp3) is 0.528. The van der Waals surface area contributed by atoms with Crippen LogP contribution in [0.1, 0.15) is 219 Å². The maximum atomic E-state index is 11.2. The van der Waals surface area contributed by atoms with Crippen molar-refractivity contribution in [3.8, 4) is 34.8 Å². The van der Waals surface area contributed by atoms with Gasteiger partial charge in [0.2, 0.25) is 0 Å². The standard InChI is InChI=1S/C37H55BO3Si.C35H41NO3/c1-12-37(13-2,32-20-21-33(29(4)27-32)38-39-34(5,6)35(7,8)40-38)31-19-18-30(28(3)26-31)22-25-36(41-42(9,10)11)23-16-14-15-17-24-36;1-5-35(6-2,30-12-11-28(25(3)19-30)15-18-34(39)16-9-7-8-10-17-34)31-13-14-32(26(4)20-31)29-21-27(22-33(37)38)23-36-24-29/h18-21,26-27H,12-17,23-24H2,1-11H3;11-14,19-21,23-24,39H,5-10,16-17,22H2,1-4H3,(H,37,38). The van der Waals surface area contributed by atoms with Gasteiger partial charge in [-0.1, -0.05) is 143 Å². The minimum absolute atomic E-state index is 0.0359. The normalized spacial score (nSPS) is 17.8. The highest BCUT2D eigenvalue weighted by atomic mass is 28.4. The number of carbonyl (C=O) groups is 1. The summed E-state index contributed by atoms with van der Waals surface area (Å²) in [5, 5.41) is 20.2. The Morgan fingerprint density at radius 2 is 1.05 bits per heavy atom. The number of hydrogen-bond acceptors (Lipinski definition) is 6. The SMILES string of the molecule is CCC(CC)(c1ccc(C#CC2(O)CCCCCC2)c(C)c1)c1ccc(-c2cncc(CC(=O)O)c2)c(C)c1.CCC(CC)(c1ccc(C#CC2(O[Si](C)(C)C)CCCCCC2)c(C)c1)c1ccc(B2OC(C)(C)C(C)(C)O2)c(C)c1. The molecule has 2 aliphatic carbocycles. The summed E-state index contributed by atoms with van der Waals surface area (Å²) < 4.78 is 19.6. The molecule has 2 saturated carbocycles. The van der Waals surface area contributed by atoms with Crippen LogP contribution in [0.3, 0.4) is 0 Å². The molecule has 0 atom stereocenters. The molecule has 432 valence electrons. The first-order valence-corrected chi connectivity index (χ1v) is 34.1. The highest BCUT2D eigenvalue weighted by molar-refractivity contribution is 6.69. The average Bonchev–Trinajstić information content (AvgIpc) is 3.79. The lowest BCUT2D eigenvalue weighted by Gasteiger charge is -2.35. The van der Waals surface area contributed by atoms with E-state index in [2.05, 4.69) is 204 Å². The number of nitrogens with zero attached hydrogens (tertiary/aromatic N) is 1. The topological polar surface area (TPSA) is 98.1 Å². The lowest BCUT2D eigenvalue weighted by molar-refractivity contribution is -0.136. The van der Waals surface area contributed by atoms with Crippen LogP contribution in [0, 0.1) is 51.4 Å². The Morgan fingerprint density at radius 1 is 0.605 bits per heavy atom. The summed E-state index contributed by atoms with van der Waals surface area (Å²) in [7, 11) is -2.07. The number of aliphatic carboxylic acids is 1. The van der Waals surface area contributed by atoms with Crippen LogP contribution in [0.5, 0.6) is 0 Å². The molecule has 2 heterocycles. The van der Waals surface area contributed by atoms with Crippen molar-refractivity contribution in [2.75, 3.05) is 0 Å². The molecule has 7 nitrogen and oxygen atoms in total. The molecule has 3 aliphatic rings. The van der Waals surface area contributed by atoms with E-state index >= 15 is 0 Å². The van der Waals surface area contributed by atoms with Gasteiger partial charge in [0.15, 0.2) is 8.32 Å². The predicted molar refractivity (Wildman–Crippen MR) is 339 cm³/mol. The zero-order valence-electron chi connectivity index (χ0n) is 52.2. The molecule has 1 aliphatic heterocycles. The van der Waals surface area contributed by atoms with E-state index in [9.17, 15) is 15.0 Å². The molecule has 2 N–H and O–H groups in total. The zero-order valence-corrected chi connectivity index (χ0v) is 53.2. The van der Waals surface area contributed by atoms with Gasteiger partial charge in [-0.05, 0) is 226 Å². The summed E-state index contributed by atoms with van der Waals surface area (Å²) in [4.78, 5) is 15.5. The third kappa shape index (κ3) is 14.8. The molecule has 1 aromatic heterocycles. The summed E-state index contributed by atoms with van der Waals surface area (Å²) in [5.74, 6) is 13.0. The largest absolute Gasteiger partial charge is 0.495 e. The quantitative estimate of drug-likeness (QED) is 0.0649. The van der Waals surface area contributed by atoms with E-state index in [0.717, 1.165) is 103 Å². The maximum absolute atomic E-state index is 11.2. The minimum Gasteiger partial charge on any atom is -0.481 e. The number of aromatic nitrogens is 1. The van der Waals surface area contributed by atoms with E-state index in [1.165, 1.54) is 71.9 Å². The summed E-state index contributed by atoms with van der Waals surface area (Å²) in [6, 6.07) is 29.0. The maximum Gasteiger partial charge on any atom is 0.495 e. The van der Waals surface area contributed by atoms with Gasteiger partial charge in [0, 0.05) is 39.9 Å². The van der Waals surface area contributed by atoms with Crippen molar-refractivity contribution >= 4 is 26.9 Å². The second-order valence-corrected chi connectivity index (χ2v) is 30.5. The van der Waals surface area contributed by atoms with Gasteiger partial charge in [0.05, 0.1) is 17.6 Å². The molecular formula is C72H96BNO6Si. The van der Waals surface area contributed by atoms with Crippen molar-refractivity contribution < 1.29 is 28.7 Å². The van der Waals surface area contributed by atoms with Gasteiger partial charge in [0.1, 0.15) is 11.2 Å². The van der Waals surface area contributed by atoms with E-state index in [0.29, 0.717) is 5.56 Å². The predicted octanol–water partition coefficient (Wildman–Crippen LogP) is 16.5.